The summed E-state index contributed by atoms with van der Waals surface area (Å²) in [6.07, 6.45) is 1.17. The highest BCUT2D eigenvalue weighted by Crippen LogP contribution is 2.48. The fourth-order valence-corrected chi connectivity index (χ4v) is 5.10. The molecule has 122 valence electrons. The van der Waals surface area contributed by atoms with Gasteiger partial charge in [-0.2, -0.15) is 11.3 Å². The minimum atomic E-state index is 0.178. The fourth-order valence-electron chi connectivity index (χ4n) is 4.21. The summed E-state index contributed by atoms with van der Waals surface area (Å²) < 4.78 is 0. The van der Waals surface area contributed by atoms with Crippen LogP contribution in [-0.2, 0) is 0 Å². The topological polar surface area (TPSA) is 15.3 Å². The van der Waals surface area contributed by atoms with Crippen LogP contribution in [0, 0.1) is 0 Å². The molecular formula is C19H23ClN2S. The summed E-state index contributed by atoms with van der Waals surface area (Å²) in [5, 5.41) is 8.96. The van der Waals surface area contributed by atoms with Crippen molar-refractivity contribution in [1.82, 2.24) is 10.2 Å². The lowest BCUT2D eigenvalue weighted by atomic mass is 9.95. The van der Waals surface area contributed by atoms with Gasteiger partial charge in [0.1, 0.15) is 0 Å². The summed E-state index contributed by atoms with van der Waals surface area (Å²) in [5.74, 6) is 0.511. The molecule has 1 aromatic carbocycles. The fraction of sp³-hybridized carbons (Fsp3) is 0.474. The molecule has 2 atom stereocenters. The van der Waals surface area contributed by atoms with Gasteiger partial charge >= 0.3 is 0 Å². The van der Waals surface area contributed by atoms with Crippen LogP contribution in [-0.4, -0.2) is 30.1 Å². The normalized spacial score (nSPS) is 27.1. The van der Waals surface area contributed by atoms with Gasteiger partial charge in [0.25, 0.3) is 0 Å². The quantitative estimate of drug-likeness (QED) is 0.850. The summed E-state index contributed by atoms with van der Waals surface area (Å²) in [6.45, 7) is 7.84. The molecule has 1 saturated heterocycles. The van der Waals surface area contributed by atoms with Crippen LogP contribution in [0.15, 0.2) is 35.0 Å². The Hall–Kier alpha value is -0.870. The van der Waals surface area contributed by atoms with Crippen molar-refractivity contribution in [3.63, 3.8) is 0 Å². The van der Waals surface area contributed by atoms with Gasteiger partial charge in [-0.05, 0) is 65.9 Å². The molecular weight excluding hydrogens is 324 g/mol. The van der Waals surface area contributed by atoms with E-state index in [-0.39, 0.29) is 5.54 Å². The first-order valence-electron chi connectivity index (χ1n) is 8.34. The maximum Gasteiger partial charge on any atom is 0.0409 e. The molecule has 4 rings (SSSR count). The van der Waals surface area contributed by atoms with Crippen LogP contribution in [0.4, 0.5) is 0 Å². The monoisotopic (exact) mass is 346 g/mol. The van der Waals surface area contributed by atoms with Crippen LogP contribution < -0.4 is 5.32 Å². The van der Waals surface area contributed by atoms with E-state index < -0.39 is 0 Å². The van der Waals surface area contributed by atoms with Crippen molar-refractivity contribution in [1.29, 1.82) is 0 Å². The minimum Gasteiger partial charge on any atom is -0.309 e. The Morgan fingerprint density at radius 3 is 2.87 bits per heavy atom. The van der Waals surface area contributed by atoms with Gasteiger partial charge < -0.3 is 5.32 Å². The SMILES string of the molecule is CC1(C)CN(C2CC(c3ccsc3)c3ccc(Cl)cc32)CCN1. The van der Waals surface area contributed by atoms with Crippen LogP contribution in [0.5, 0.6) is 0 Å². The highest BCUT2D eigenvalue weighted by atomic mass is 35.5. The zero-order chi connectivity index (χ0) is 16.0. The minimum absolute atomic E-state index is 0.178. The number of thiophene rings is 1. The Labute approximate surface area is 147 Å². The molecule has 1 N–H and O–H groups in total. The third kappa shape index (κ3) is 2.96. The van der Waals surface area contributed by atoms with E-state index in [9.17, 15) is 0 Å². The number of fused-ring (bicyclic) bond motifs is 1. The molecule has 4 heteroatoms. The van der Waals surface area contributed by atoms with Crippen LogP contribution in [0.3, 0.4) is 0 Å². The Morgan fingerprint density at radius 2 is 2.13 bits per heavy atom. The van der Waals surface area contributed by atoms with Crippen LogP contribution in [0.25, 0.3) is 0 Å². The molecule has 1 aromatic heterocycles. The number of hydrogen-bond donors (Lipinski definition) is 1. The van der Waals surface area contributed by atoms with E-state index in [0.717, 1.165) is 24.7 Å². The van der Waals surface area contributed by atoms with E-state index in [4.69, 9.17) is 11.6 Å². The van der Waals surface area contributed by atoms with Gasteiger partial charge in [-0.1, -0.05) is 17.7 Å². The summed E-state index contributed by atoms with van der Waals surface area (Å²) in [6, 6.07) is 9.24. The lowest BCUT2D eigenvalue weighted by Crippen LogP contribution is -2.57. The predicted molar refractivity (Wildman–Crippen MR) is 98.6 cm³/mol. The molecule has 0 radical (unpaired) electrons. The molecule has 2 aromatic rings. The second kappa shape index (κ2) is 5.89. The second-order valence-corrected chi connectivity index (χ2v) is 8.63. The molecule has 23 heavy (non-hydrogen) atoms. The van der Waals surface area contributed by atoms with Crippen LogP contribution in [0.2, 0.25) is 5.02 Å². The number of benzene rings is 1. The van der Waals surface area contributed by atoms with Crippen molar-refractivity contribution >= 4 is 22.9 Å². The molecule has 0 saturated carbocycles. The largest absolute Gasteiger partial charge is 0.309 e. The Balaban J connectivity index is 1.70. The average molecular weight is 347 g/mol. The molecule has 2 unspecified atom stereocenters. The molecule has 2 aliphatic rings. The molecule has 0 spiro atoms. The van der Waals surface area contributed by atoms with Crippen molar-refractivity contribution in [3.05, 3.63) is 56.7 Å². The highest BCUT2D eigenvalue weighted by molar-refractivity contribution is 7.08. The third-order valence-corrected chi connectivity index (χ3v) is 6.17. The van der Waals surface area contributed by atoms with Gasteiger partial charge in [-0.25, -0.2) is 0 Å². The molecule has 2 nitrogen and oxygen atoms in total. The highest BCUT2D eigenvalue weighted by Gasteiger charge is 2.38. The summed E-state index contributed by atoms with van der Waals surface area (Å²) >= 11 is 8.12. The van der Waals surface area contributed by atoms with Crippen molar-refractivity contribution < 1.29 is 0 Å². The van der Waals surface area contributed by atoms with Crippen molar-refractivity contribution in [2.45, 2.75) is 37.8 Å². The van der Waals surface area contributed by atoms with E-state index in [1.165, 1.54) is 23.1 Å². The maximum atomic E-state index is 6.33. The number of nitrogens with one attached hydrogen (secondary N) is 1. The summed E-state index contributed by atoms with van der Waals surface area (Å²) in [5.41, 5.74) is 4.54. The smallest absolute Gasteiger partial charge is 0.0409 e. The summed E-state index contributed by atoms with van der Waals surface area (Å²) in [4.78, 5) is 2.65. The van der Waals surface area contributed by atoms with E-state index in [1.54, 1.807) is 11.3 Å². The van der Waals surface area contributed by atoms with Crippen LogP contribution >= 0.6 is 22.9 Å². The maximum absolute atomic E-state index is 6.33. The van der Waals surface area contributed by atoms with Gasteiger partial charge in [0.15, 0.2) is 0 Å². The van der Waals surface area contributed by atoms with E-state index in [1.807, 2.05) is 6.07 Å². The zero-order valence-electron chi connectivity index (χ0n) is 13.7. The first kappa shape index (κ1) is 15.6. The van der Waals surface area contributed by atoms with Crippen molar-refractivity contribution in [3.8, 4) is 0 Å². The second-order valence-electron chi connectivity index (χ2n) is 7.42. The molecule has 1 aliphatic heterocycles. The van der Waals surface area contributed by atoms with Gasteiger partial charge in [0.2, 0.25) is 0 Å². The van der Waals surface area contributed by atoms with E-state index in [0.29, 0.717) is 12.0 Å². The number of hydrogen-bond acceptors (Lipinski definition) is 3. The zero-order valence-corrected chi connectivity index (χ0v) is 15.3. The average Bonchev–Trinajstić information content (AvgIpc) is 3.12. The predicted octanol–water partition coefficient (Wildman–Crippen LogP) is 4.66. The molecule has 0 amide bonds. The number of halogens is 1. The van der Waals surface area contributed by atoms with E-state index in [2.05, 4.69) is 53.0 Å². The molecule has 0 bridgehead atoms. The van der Waals surface area contributed by atoms with Crippen LogP contribution in [0.1, 0.15) is 48.9 Å². The third-order valence-electron chi connectivity index (χ3n) is 5.23. The Bertz CT molecular complexity index is 695. The van der Waals surface area contributed by atoms with Gasteiger partial charge in [-0.3, -0.25) is 4.90 Å². The first-order chi connectivity index (χ1) is 11.0. The molecule has 1 aliphatic carbocycles. The molecule has 2 heterocycles. The van der Waals surface area contributed by atoms with Crippen molar-refractivity contribution in [2.75, 3.05) is 19.6 Å². The Morgan fingerprint density at radius 1 is 1.26 bits per heavy atom. The van der Waals surface area contributed by atoms with Crippen molar-refractivity contribution in [2.24, 2.45) is 0 Å². The number of piperazine rings is 1. The lowest BCUT2D eigenvalue weighted by molar-refractivity contribution is 0.107. The molecule has 1 fully saturated rings. The summed E-state index contributed by atoms with van der Waals surface area (Å²) in [7, 11) is 0. The van der Waals surface area contributed by atoms with Gasteiger partial charge in [0, 0.05) is 42.2 Å². The number of rotatable bonds is 2. The Kier molecular flexibility index (Phi) is 4.01. The number of nitrogens with zero attached hydrogens (tertiary/aromatic N) is 1. The lowest BCUT2D eigenvalue weighted by Gasteiger charge is -2.42. The van der Waals surface area contributed by atoms with E-state index >= 15 is 0 Å². The van der Waals surface area contributed by atoms with Gasteiger partial charge in [0.05, 0.1) is 0 Å². The van der Waals surface area contributed by atoms with Gasteiger partial charge in [-0.15, -0.1) is 0 Å². The standard InChI is InChI=1S/C19H23ClN2S/c1-19(2)12-22(7-6-21-19)18-10-16(13-5-8-23-11-13)15-4-3-14(20)9-17(15)18/h3-5,8-9,11,16,18,21H,6-7,10,12H2,1-2H3. The first-order valence-corrected chi connectivity index (χ1v) is 9.66.